The number of sulfonamides is 1. The van der Waals surface area contributed by atoms with Crippen molar-refractivity contribution in [2.24, 2.45) is 0 Å². The lowest BCUT2D eigenvalue weighted by atomic mass is 10.0. The fraction of sp³-hybridized carbons (Fsp3) is 0.269. The zero-order valence-corrected chi connectivity index (χ0v) is 20.5. The van der Waals surface area contributed by atoms with Crippen LogP contribution in [0.5, 0.6) is 0 Å². The van der Waals surface area contributed by atoms with Gasteiger partial charge >= 0.3 is 0 Å². The maximum atomic E-state index is 13.6. The molecule has 3 heterocycles. The van der Waals surface area contributed by atoms with E-state index in [4.69, 9.17) is 4.52 Å². The van der Waals surface area contributed by atoms with Gasteiger partial charge in [0.2, 0.25) is 10.0 Å². The van der Waals surface area contributed by atoms with E-state index in [0.717, 1.165) is 16.7 Å². The molecule has 2 aromatic carbocycles. The lowest BCUT2D eigenvalue weighted by Gasteiger charge is -2.34. The second-order valence-corrected chi connectivity index (χ2v) is 10.8. The molecule has 180 valence electrons. The summed E-state index contributed by atoms with van der Waals surface area (Å²) in [5.41, 5.74) is 4.74. The average Bonchev–Trinajstić information content (AvgIpc) is 3.24. The van der Waals surface area contributed by atoms with Crippen molar-refractivity contribution in [3.05, 3.63) is 83.0 Å². The number of hydrogen-bond donors (Lipinski definition) is 0. The van der Waals surface area contributed by atoms with E-state index < -0.39 is 10.0 Å². The number of carbonyl (C=O) groups excluding carboxylic acids is 1. The van der Waals surface area contributed by atoms with E-state index >= 15 is 0 Å². The van der Waals surface area contributed by atoms with Gasteiger partial charge in [0.05, 0.1) is 28.1 Å². The maximum Gasteiger partial charge on any atom is 0.259 e. The standard InChI is InChI=1S/C26H26N4O4S/c1-18-8-10-21(11-9-18)23-16-22(24-19(2)28-34-25(24)27-23)26(31)29-12-14-30(15-13-29)35(32,33)17-20-6-4-3-5-7-20/h3-11,16H,12-15,17H2,1-2H3. The van der Waals surface area contributed by atoms with Crippen LogP contribution < -0.4 is 0 Å². The van der Waals surface area contributed by atoms with Crippen molar-refractivity contribution in [3.63, 3.8) is 0 Å². The molecule has 1 fully saturated rings. The van der Waals surface area contributed by atoms with Gasteiger partial charge in [-0.05, 0) is 25.5 Å². The molecular formula is C26H26N4O4S. The van der Waals surface area contributed by atoms with Crippen LogP contribution in [0.2, 0.25) is 0 Å². The first-order valence-electron chi connectivity index (χ1n) is 11.5. The highest BCUT2D eigenvalue weighted by Crippen LogP contribution is 2.28. The molecule has 2 aromatic heterocycles. The topological polar surface area (TPSA) is 96.6 Å². The summed E-state index contributed by atoms with van der Waals surface area (Å²) < 4.78 is 32.7. The van der Waals surface area contributed by atoms with Gasteiger partial charge in [0.1, 0.15) is 0 Å². The quantitative estimate of drug-likeness (QED) is 0.422. The number of nitrogens with zero attached hydrogens (tertiary/aromatic N) is 4. The van der Waals surface area contributed by atoms with Crippen LogP contribution in [0.25, 0.3) is 22.4 Å². The summed E-state index contributed by atoms with van der Waals surface area (Å²) in [7, 11) is -3.47. The van der Waals surface area contributed by atoms with Crippen LogP contribution in [0, 0.1) is 13.8 Å². The first-order valence-corrected chi connectivity index (χ1v) is 13.1. The van der Waals surface area contributed by atoms with Crippen molar-refractivity contribution in [3.8, 4) is 11.3 Å². The number of fused-ring (bicyclic) bond motifs is 1. The van der Waals surface area contributed by atoms with E-state index in [0.29, 0.717) is 41.1 Å². The Hall–Kier alpha value is -3.56. The minimum Gasteiger partial charge on any atom is -0.336 e. The molecular weight excluding hydrogens is 464 g/mol. The molecule has 4 aromatic rings. The van der Waals surface area contributed by atoms with Gasteiger partial charge in [-0.15, -0.1) is 0 Å². The van der Waals surface area contributed by atoms with Crippen molar-refractivity contribution in [2.45, 2.75) is 19.6 Å². The van der Waals surface area contributed by atoms with Crippen molar-refractivity contribution in [1.29, 1.82) is 0 Å². The fourth-order valence-corrected chi connectivity index (χ4v) is 5.87. The SMILES string of the molecule is Cc1ccc(-c2cc(C(=O)N3CCN(S(=O)(=O)Cc4ccccc4)CC3)c3c(C)noc3n2)cc1. The second kappa shape index (κ2) is 9.24. The van der Waals surface area contributed by atoms with Crippen molar-refractivity contribution >= 4 is 27.0 Å². The zero-order valence-electron chi connectivity index (χ0n) is 19.6. The van der Waals surface area contributed by atoms with Gasteiger partial charge in [0.15, 0.2) is 0 Å². The van der Waals surface area contributed by atoms with Crippen LogP contribution in [0.4, 0.5) is 0 Å². The molecule has 0 radical (unpaired) electrons. The van der Waals surface area contributed by atoms with E-state index in [1.807, 2.05) is 49.4 Å². The molecule has 0 aliphatic carbocycles. The number of hydrogen-bond acceptors (Lipinski definition) is 6. The maximum absolute atomic E-state index is 13.6. The van der Waals surface area contributed by atoms with Crippen molar-refractivity contribution in [1.82, 2.24) is 19.3 Å². The first-order chi connectivity index (χ1) is 16.8. The number of pyridine rings is 1. The third kappa shape index (κ3) is 4.69. The second-order valence-electron chi connectivity index (χ2n) is 8.80. The molecule has 0 unspecified atom stereocenters. The van der Waals surface area contributed by atoms with Crippen LogP contribution in [0.3, 0.4) is 0 Å². The van der Waals surface area contributed by atoms with Gasteiger partial charge in [-0.3, -0.25) is 4.79 Å². The minimum absolute atomic E-state index is 0.0491. The molecule has 0 atom stereocenters. The molecule has 0 bridgehead atoms. The number of amides is 1. The highest BCUT2D eigenvalue weighted by molar-refractivity contribution is 7.88. The lowest BCUT2D eigenvalue weighted by molar-refractivity contribution is 0.0699. The largest absolute Gasteiger partial charge is 0.336 e. The van der Waals surface area contributed by atoms with Gasteiger partial charge in [0, 0.05) is 31.7 Å². The Kier molecular flexibility index (Phi) is 6.12. The molecule has 9 heteroatoms. The Balaban J connectivity index is 1.38. The van der Waals surface area contributed by atoms with E-state index in [2.05, 4.69) is 10.1 Å². The molecule has 1 amide bonds. The molecule has 0 N–H and O–H groups in total. The third-order valence-corrected chi connectivity index (χ3v) is 8.16. The molecule has 35 heavy (non-hydrogen) atoms. The Labute approximate surface area is 204 Å². The molecule has 0 saturated carbocycles. The third-order valence-electron chi connectivity index (χ3n) is 6.31. The minimum atomic E-state index is -3.47. The smallest absolute Gasteiger partial charge is 0.259 e. The summed E-state index contributed by atoms with van der Waals surface area (Å²) in [6.45, 7) is 4.91. The summed E-state index contributed by atoms with van der Waals surface area (Å²) >= 11 is 0. The number of rotatable bonds is 5. The number of aryl methyl sites for hydroxylation is 2. The Bertz CT molecular complexity index is 1470. The molecule has 1 aliphatic heterocycles. The number of piperazine rings is 1. The summed E-state index contributed by atoms with van der Waals surface area (Å²) in [6.07, 6.45) is 0. The van der Waals surface area contributed by atoms with Crippen LogP contribution in [0.1, 0.15) is 27.2 Å². The van der Waals surface area contributed by atoms with Crippen molar-refractivity contribution in [2.75, 3.05) is 26.2 Å². The Morgan fingerprint density at radius 3 is 2.34 bits per heavy atom. The van der Waals surface area contributed by atoms with Gasteiger partial charge in [-0.1, -0.05) is 65.3 Å². The van der Waals surface area contributed by atoms with E-state index in [1.165, 1.54) is 4.31 Å². The zero-order chi connectivity index (χ0) is 24.6. The normalized spacial score (nSPS) is 15.0. The predicted molar refractivity (Wildman–Crippen MR) is 133 cm³/mol. The van der Waals surface area contributed by atoms with E-state index in [1.54, 1.807) is 30.0 Å². The summed E-state index contributed by atoms with van der Waals surface area (Å²) in [6, 6.07) is 18.8. The number of carbonyl (C=O) groups is 1. The first kappa shape index (κ1) is 23.2. The Morgan fingerprint density at radius 1 is 0.971 bits per heavy atom. The molecule has 0 spiro atoms. The summed E-state index contributed by atoms with van der Waals surface area (Å²) in [5, 5.41) is 4.61. The van der Waals surface area contributed by atoms with Crippen LogP contribution in [-0.2, 0) is 15.8 Å². The molecule has 1 saturated heterocycles. The average molecular weight is 491 g/mol. The van der Waals surface area contributed by atoms with Crippen LogP contribution in [0.15, 0.2) is 65.2 Å². The van der Waals surface area contributed by atoms with E-state index in [9.17, 15) is 13.2 Å². The highest BCUT2D eigenvalue weighted by atomic mass is 32.2. The Morgan fingerprint density at radius 2 is 1.66 bits per heavy atom. The van der Waals surface area contributed by atoms with Gasteiger partial charge in [0.25, 0.3) is 11.6 Å². The lowest BCUT2D eigenvalue weighted by Crippen LogP contribution is -2.50. The fourth-order valence-electron chi connectivity index (χ4n) is 4.35. The van der Waals surface area contributed by atoms with E-state index in [-0.39, 0.29) is 24.7 Å². The monoisotopic (exact) mass is 490 g/mol. The number of aromatic nitrogens is 2. The molecule has 1 aliphatic rings. The van der Waals surface area contributed by atoms with Crippen molar-refractivity contribution < 1.29 is 17.7 Å². The summed E-state index contributed by atoms with van der Waals surface area (Å²) in [5.74, 6) is -0.232. The van der Waals surface area contributed by atoms with Gasteiger partial charge in [-0.2, -0.15) is 4.31 Å². The summed E-state index contributed by atoms with van der Waals surface area (Å²) in [4.78, 5) is 19.9. The van der Waals surface area contributed by atoms with Gasteiger partial charge in [-0.25, -0.2) is 13.4 Å². The van der Waals surface area contributed by atoms with Crippen LogP contribution in [-0.4, -0.2) is 59.8 Å². The van der Waals surface area contributed by atoms with Crippen LogP contribution >= 0.6 is 0 Å². The predicted octanol–water partition coefficient (Wildman–Crippen LogP) is 3.79. The van der Waals surface area contributed by atoms with Gasteiger partial charge < -0.3 is 9.42 Å². The number of benzene rings is 2. The molecule has 8 nitrogen and oxygen atoms in total. The molecule has 5 rings (SSSR count). The highest BCUT2D eigenvalue weighted by Gasteiger charge is 2.31.